The van der Waals surface area contributed by atoms with Crippen LogP contribution in [0.1, 0.15) is 42.1 Å². The Morgan fingerprint density at radius 3 is 1.88 bits per heavy atom. The summed E-state index contributed by atoms with van der Waals surface area (Å²) >= 11 is 0. The van der Waals surface area contributed by atoms with Gasteiger partial charge in [0.05, 0.1) is 0 Å². The Morgan fingerprint density at radius 2 is 1.40 bits per heavy atom. The van der Waals surface area contributed by atoms with Gasteiger partial charge in [0.2, 0.25) is 0 Å². The molecule has 25 heavy (non-hydrogen) atoms. The normalized spacial score (nSPS) is 14.4. The summed E-state index contributed by atoms with van der Waals surface area (Å²) < 4.78 is 0. The van der Waals surface area contributed by atoms with Gasteiger partial charge in [-0.25, -0.2) is 0 Å². The molecule has 3 heteroatoms. The van der Waals surface area contributed by atoms with Crippen LogP contribution < -0.4 is 5.32 Å². The van der Waals surface area contributed by atoms with Crippen molar-refractivity contribution in [1.82, 2.24) is 10.2 Å². The van der Waals surface area contributed by atoms with E-state index in [0.717, 1.165) is 11.1 Å². The molecule has 0 aromatic heterocycles. The number of hydrogen-bond donors (Lipinski definition) is 1. The lowest BCUT2D eigenvalue weighted by molar-refractivity contribution is 0.103. The van der Waals surface area contributed by atoms with Crippen LogP contribution in [0.4, 0.5) is 0 Å². The van der Waals surface area contributed by atoms with Crippen LogP contribution in [0.25, 0.3) is 0 Å². The molecule has 2 aromatic carbocycles. The number of carbonyl (C=O) groups is 1. The first kappa shape index (κ1) is 19.4. The zero-order chi connectivity index (χ0) is 17.7. The summed E-state index contributed by atoms with van der Waals surface area (Å²) in [6.45, 7) is 8.46. The molecule has 0 unspecified atom stereocenters. The molecule has 0 amide bonds. The summed E-state index contributed by atoms with van der Waals surface area (Å²) in [7, 11) is 0. The summed E-state index contributed by atoms with van der Waals surface area (Å²) in [5.74, 6) is 0.0752. The van der Waals surface area contributed by atoms with Crippen LogP contribution in [0.15, 0.2) is 60.7 Å². The van der Waals surface area contributed by atoms with Gasteiger partial charge in [-0.05, 0) is 13.0 Å². The molecule has 1 aliphatic rings. The van der Waals surface area contributed by atoms with Crippen molar-refractivity contribution in [3.63, 3.8) is 0 Å². The highest BCUT2D eigenvalue weighted by atomic mass is 16.1. The Balaban J connectivity index is 0.000000186. The number of ketones is 1. The Morgan fingerprint density at radius 1 is 0.880 bits per heavy atom. The van der Waals surface area contributed by atoms with Gasteiger partial charge in [-0.1, -0.05) is 80.4 Å². The summed E-state index contributed by atoms with van der Waals surface area (Å²) in [5.41, 5.74) is 1.47. The lowest BCUT2D eigenvalue weighted by atomic mass is 10.0. The van der Waals surface area contributed by atoms with E-state index in [2.05, 4.69) is 17.1 Å². The van der Waals surface area contributed by atoms with Crippen molar-refractivity contribution >= 4 is 5.78 Å². The third-order valence-electron chi connectivity index (χ3n) is 4.36. The smallest absolute Gasteiger partial charge is 0.193 e. The number of benzene rings is 2. The van der Waals surface area contributed by atoms with Gasteiger partial charge in [-0.3, -0.25) is 4.79 Å². The fourth-order valence-electron chi connectivity index (χ4n) is 2.87. The lowest BCUT2D eigenvalue weighted by Gasteiger charge is -2.26. The number of piperazine rings is 1. The molecule has 1 N–H and O–H groups in total. The van der Waals surface area contributed by atoms with Gasteiger partial charge in [0.15, 0.2) is 5.78 Å². The monoisotopic (exact) mass is 338 g/mol. The van der Waals surface area contributed by atoms with Crippen molar-refractivity contribution in [2.75, 3.05) is 32.7 Å². The molecule has 3 rings (SSSR count). The SMILES string of the molecule is CCCCCN1CCNCC1.O=C(c1ccccc1)c1ccccc1. The Bertz CT molecular complexity index is 550. The van der Waals surface area contributed by atoms with Crippen molar-refractivity contribution in [2.24, 2.45) is 0 Å². The number of rotatable bonds is 6. The fourth-order valence-corrected chi connectivity index (χ4v) is 2.87. The number of nitrogens with zero attached hydrogens (tertiary/aromatic N) is 1. The topological polar surface area (TPSA) is 32.3 Å². The third kappa shape index (κ3) is 7.20. The molecule has 1 saturated heterocycles. The maximum Gasteiger partial charge on any atom is 0.193 e. The van der Waals surface area contributed by atoms with E-state index in [0.29, 0.717) is 0 Å². The van der Waals surface area contributed by atoms with E-state index in [4.69, 9.17) is 0 Å². The van der Waals surface area contributed by atoms with Gasteiger partial charge in [0, 0.05) is 37.3 Å². The molecule has 0 aliphatic carbocycles. The Hall–Kier alpha value is -1.97. The molecule has 0 spiro atoms. The van der Waals surface area contributed by atoms with Gasteiger partial charge >= 0.3 is 0 Å². The molecule has 1 fully saturated rings. The second kappa shape index (κ2) is 11.6. The molecule has 0 radical (unpaired) electrons. The standard InChI is InChI=1S/C13H10O.C9H20N2/c14-13(11-7-3-1-4-8-11)12-9-5-2-6-10-12;1-2-3-4-7-11-8-5-10-6-9-11/h1-10H;10H,2-9H2,1H3. The zero-order valence-electron chi connectivity index (χ0n) is 15.3. The van der Waals surface area contributed by atoms with E-state index in [9.17, 15) is 4.79 Å². The van der Waals surface area contributed by atoms with Crippen LogP contribution in [0.2, 0.25) is 0 Å². The van der Waals surface area contributed by atoms with Gasteiger partial charge < -0.3 is 10.2 Å². The highest BCUT2D eigenvalue weighted by Gasteiger charge is 2.07. The number of carbonyl (C=O) groups excluding carboxylic acids is 1. The second-order valence-electron chi connectivity index (χ2n) is 6.36. The van der Waals surface area contributed by atoms with Gasteiger partial charge in [0.1, 0.15) is 0 Å². The summed E-state index contributed by atoms with van der Waals surface area (Å²) in [6, 6.07) is 18.6. The van der Waals surface area contributed by atoms with Crippen LogP contribution in [0.3, 0.4) is 0 Å². The minimum Gasteiger partial charge on any atom is -0.314 e. The average Bonchev–Trinajstić information content (AvgIpc) is 2.70. The lowest BCUT2D eigenvalue weighted by Crippen LogP contribution is -2.43. The molecule has 2 aromatic rings. The molecule has 134 valence electrons. The molecule has 1 heterocycles. The molecule has 0 bridgehead atoms. The van der Waals surface area contributed by atoms with Crippen LogP contribution in [-0.2, 0) is 0 Å². The van der Waals surface area contributed by atoms with Gasteiger partial charge in [-0.2, -0.15) is 0 Å². The van der Waals surface area contributed by atoms with Crippen LogP contribution in [-0.4, -0.2) is 43.4 Å². The van der Waals surface area contributed by atoms with Crippen LogP contribution in [0, 0.1) is 0 Å². The highest BCUT2D eigenvalue weighted by molar-refractivity contribution is 6.08. The highest BCUT2D eigenvalue weighted by Crippen LogP contribution is 2.08. The first-order valence-corrected chi connectivity index (χ1v) is 9.39. The van der Waals surface area contributed by atoms with Crippen molar-refractivity contribution in [3.05, 3.63) is 71.8 Å². The molecule has 0 atom stereocenters. The zero-order valence-corrected chi connectivity index (χ0v) is 15.3. The van der Waals surface area contributed by atoms with Crippen LogP contribution in [0.5, 0.6) is 0 Å². The van der Waals surface area contributed by atoms with E-state index in [1.807, 2.05) is 60.7 Å². The number of hydrogen-bond acceptors (Lipinski definition) is 3. The molecule has 0 saturated carbocycles. The molecule has 3 nitrogen and oxygen atoms in total. The maximum atomic E-state index is 11.8. The first-order valence-electron chi connectivity index (χ1n) is 9.39. The van der Waals surface area contributed by atoms with Crippen molar-refractivity contribution in [1.29, 1.82) is 0 Å². The minimum absolute atomic E-state index is 0.0752. The average molecular weight is 338 g/mol. The summed E-state index contributed by atoms with van der Waals surface area (Å²) in [4.78, 5) is 14.4. The summed E-state index contributed by atoms with van der Waals surface area (Å²) in [5, 5.41) is 3.36. The molecule has 1 aliphatic heterocycles. The van der Waals surface area contributed by atoms with E-state index in [1.165, 1.54) is 52.0 Å². The largest absolute Gasteiger partial charge is 0.314 e. The number of nitrogens with one attached hydrogen (secondary N) is 1. The maximum absolute atomic E-state index is 11.8. The van der Waals surface area contributed by atoms with Crippen molar-refractivity contribution in [2.45, 2.75) is 26.2 Å². The van der Waals surface area contributed by atoms with E-state index >= 15 is 0 Å². The van der Waals surface area contributed by atoms with E-state index in [-0.39, 0.29) is 5.78 Å². The predicted molar refractivity (Wildman–Crippen MR) is 105 cm³/mol. The van der Waals surface area contributed by atoms with Crippen LogP contribution >= 0.6 is 0 Å². The summed E-state index contributed by atoms with van der Waals surface area (Å²) in [6.07, 6.45) is 4.12. The molecular formula is C22H30N2O. The second-order valence-corrected chi connectivity index (χ2v) is 6.36. The first-order chi connectivity index (χ1) is 12.3. The predicted octanol–water partition coefficient (Wildman–Crippen LogP) is 4.00. The van der Waals surface area contributed by atoms with Crippen molar-refractivity contribution < 1.29 is 4.79 Å². The van der Waals surface area contributed by atoms with Gasteiger partial charge in [0.25, 0.3) is 0 Å². The molecular weight excluding hydrogens is 308 g/mol. The van der Waals surface area contributed by atoms with Gasteiger partial charge in [-0.15, -0.1) is 0 Å². The van der Waals surface area contributed by atoms with Crippen molar-refractivity contribution in [3.8, 4) is 0 Å². The Kier molecular flexibility index (Phi) is 8.95. The van der Waals surface area contributed by atoms with E-state index in [1.54, 1.807) is 0 Å². The fraction of sp³-hybridized carbons (Fsp3) is 0.409. The quantitative estimate of drug-likeness (QED) is 0.638. The van der Waals surface area contributed by atoms with E-state index < -0.39 is 0 Å². The minimum atomic E-state index is 0.0752. The Labute approximate surface area is 152 Å². The third-order valence-corrected chi connectivity index (χ3v) is 4.36. The number of unbranched alkanes of at least 4 members (excludes halogenated alkanes) is 2.